The minimum Gasteiger partial charge on any atom is -0.454 e. The molecule has 1 aromatic carbocycles. The summed E-state index contributed by atoms with van der Waals surface area (Å²) in [6.07, 6.45) is 3.75. The van der Waals surface area contributed by atoms with Gasteiger partial charge in [-0.15, -0.1) is 11.3 Å². The number of rotatable bonds is 5. The van der Waals surface area contributed by atoms with Gasteiger partial charge in [-0.05, 0) is 50.5 Å². The maximum Gasteiger partial charge on any atom is 0.338 e. The number of fused-ring (bicyclic) bond motifs is 1. The quantitative estimate of drug-likeness (QED) is 0.559. The third-order valence-corrected chi connectivity index (χ3v) is 8.70. The Labute approximate surface area is 191 Å². The number of carbonyl (C=O) groups is 1. The van der Waals surface area contributed by atoms with Crippen LogP contribution in [0.3, 0.4) is 0 Å². The molecule has 2 aromatic heterocycles. The lowest BCUT2D eigenvalue weighted by Gasteiger charge is -2.20. The number of nitrogens with two attached hydrogens (primary N) is 1. The maximum atomic E-state index is 13.0. The number of anilines is 1. The van der Waals surface area contributed by atoms with E-state index in [-0.39, 0.29) is 17.1 Å². The first-order valence-electron chi connectivity index (χ1n) is 10.6. The SMILES string of the molecule is Cc1sc2nc(COC(=O)c3cccc(S(=O)(=O)N4CCCCCC4)c3)nc(N)c2c1C. The molecule has 2 N–H and O–H groups in total. The molecule has 1 saturated heterocycles. The van der Waals surface area contributed by atoms with E-state index in [4.69, 9.17) is 10.5 Å². The highest BCUT2D eigenvalue weighted by Crippen LogP contribution is 2.32. The highest BCUT2D eigenvalue weighted by Gasteiger charge is 2.26. The maximum absolute atomic E-state index is 13.0. The molecular formula is C22H26N4O4S2. The summed E-state index contributed by atoms with van der Waals surface area (Å²) in [4.78, 5) is 23.3. The Morgan fingerprint density at radius 2 is 1.88 bits per heavy atom. The molecule has 1 aliphatic heterocycles. The standard InChI is InChI=1S/C22H26N4O4S2/c1-14-15(2)31-21-19(14)20(23)24-18(25-21)13-30-22(27)16-8-7-9-17(12-16)32(28,29)26-10-5-3-4-6-11-26/h7-9,12H,3-6,10-11,13H2,1-2H3,(H2,23,24,25). The zero-order valence-corrected chi connectivity index (χ0v) is 19.8. The number of benzene rings is 1. The molecule has 0 saturated carbocycles. The lowest BCUT2D eigenvalue weighted by atomic mass is 10.2. The van der Waals surface area contributed by atoms with Crippen LogP contribution in [-0.4, -0.2) is 41.7 Å². The number of nitrogen functional groups attached to an aromatic ring is 1. The summed E-state index contributed by atoms with van der Waals surface area (Å²) in [5.74, 6) is 0.0186. The molecule has 3 heterocycles. The van der Waals surface area contributed by atoms with E-state index in [9.17, 15) is 13.2 Å². The molecule has 1 fully saturated rings. The van der Waals surface area contributed by atoms with Crippen molar-refractivity contribution in [2.75, 3.05) is 18.8 Å². The Balaban J connectivity index is 1.50. The van der Waals surface area contributed by atoms with Crippen LogP contribution in [-0.2, 0) is 21.4 Å². The van der Waals surface area contributed by atoms with Crippen LogP contribution in [0.25, 0.3) is 10.2 Å². The van der Waals surface area contributed by atoms with Crippen LogP contribution in [0.2, 0.25) is 0 Å². The van der Waals surface area contributed by atoms with Gasteiger partial charge in [0.2, 0.25) is 10.0 Å². The Hall–Kier alpha value is -2.56. The summed E-state index contributed by atoms with van der Waals surface area (Å²) in [6, 6.07) is 5.97. The third kappa shape index (κ3) is 4.48. The van der Waals surface area contributed by atoms with Crippen LogP contribution in [0, 0.1) is 13.8 Å². The highest BCUT2D eigenvalue weighted by atomic mass is 32.2. The number of sulfonamides is 1. The number of carbonyl (C=O) groups excluding carboxylic acids is 1. The second-order valence-corrected chi connectivity index (χ2v) is 11.1. The van der Waals surface area contributed by atoms with Gasteiger partial charge in [0, 0.05) is 18.0 Å². The lowest BCUT2D eigenvalue weighted by molar-refractivity contribution is 0.0462. The molecule has 1 aliphatic rings. The number of aryl methyl sites for hydroxylation is 2. The zero-order chi connectivity index (χ0) is 22.9. The fourth-order valence-corrected chi connectivity index (χ4v) is 6.44. The molecule has 0 spiro atoms. The monoisotopic (exact) mass is 474 g/mol. The molecule has 0 amide bonds. The van der Waals surface area contributed by atoms with E-state index in [0.717, 1.165) is 46.3 Å². The van der Waals surface area contributed by atoms with Crippen molar-refractivity contribution in [2.24, 2.45) is 0 Å². The average Bonchev–Trinajstić information content (AvgIpc) is 2.95. The third-order valence-electron chi connectivity index (χ3n) is 5.71. The van der Waals surface area contributed by atoms with E-state index in [0.29, 0.717) is 24.7 Å². The molecule has 0 atom stereocenters. The zero-order valence-electron chi connectivity index (χ0n) is 18.1. The smallest absolute Gasteiger partial charge is 0.338 e. The molecule has 32 heavy (non-hydrogen) atoms. The van der Waals surface area contributed by atoms with E-state index in [2.05, 4.69) is 9.97 Å². The van der Waals surface area contributed by atoms with Gasteiger partial charge in [-0.3, -0.25) is 0 Å². The summed E-state index contributed by atoms with van der Waals surface area (Å²) >= 11 is 1.51. The summed E-state index contributed by atoms with van der Waals surface area (Å²) < 4.78 is 32.9. The van der Waals surface area contributed by atoms with Crippen LogP contribution in [0.5, 0.6) is 0 Å². The normalized spacial score (nSPS) is 15.6. The van der Waals surface area contributed by atoms with Crippen LogP contribution in [0.15, 0.2) is 29.2 Å². The molecule has 8 nitrogen and oxygen atoms in total. The van der Waals surface area contributed by atoms with Crippen LogP contribution in [0.4, 0.5) is 5.82 Å². The molecule has 0 bridgehead atoms. The Bertz CT molecular complexity index is 1260. The molecule has 0 radical (unpaired) electrons. The van der Waals surface area contributed by atoms with E-state index >= 15 is 0 Å². The van der Waals surface area contributed by atoms with Gasteiger partial charge in [-0.2, -0.15) is 4.31 Å². The fourth-order valence-electron chi connectivity index (χ4n) is 3.82. The first-order valence-corrected chi connectivity index (χ1v) is 12.8. The van der Waals surface area contributed by atoms with Crippen molar-refractivity contribution in [2.45, 2.75) is 51.0 Å². The summed E-state index contributed by atoms with van der Waals surface area (Å²) in [6.45, 7) is 4.81. The molecule has 0 unspecified atom stereocenters. The first-order chi connectivity index (χ1) is 15.3. The largest absolute Gasteiger partial charge is 0.454 e. The summed E-state index contributed by atoms with van der Waals surface area (Å²) in [7, 11) is -3.65. The van der Waals surface area contributed by atoms with Crippen molar-refractivity contribution in [1.82, 2.24) is 14.3 Å². The van der Waals surface area contributed by atoms with Gasteiger partial charge in [0.15, 0.2) is 12.4 Å². The van der Waals surface area contributed by atoms with Gasteiger partial charge >= 0.3 is 5.97 Å². The molecular weight excluding hydrogens is 448 g/mol. The number of ether oxygens (including phenoxy) is 1. The van der Waals surface area contributed by atoms with E-state index in [1.54, 1.807) is 6.07 Å². The van der Waals surface area contributed by atoms with Gasteiger partial charge in [-0.1, -0.05) is 18.9 Å². The molecule has 170 valence electrons. The van der Waals surface area contributed by atoms with Crippen molar-refractivity contribution < 1.29 is 17.9 Å². The predicted octanol–water partition coefficient (Wildman–Crippen LogP) is 3.81. The minimum absolute atomic E-state index is 0.0975. The average molecular weight is 475 g/mol. The predicted molar refractivity (Wildman–Crippen MR) is 124 cm³/mol. The molecule has 3 aromatic rings. The van der Waals surface area contributed by atoms with Gasteiger partial charge in [0.05, 0.1) is 15.8 Å². The van der Waals surface area contributed by atoms with Gasteiger partial charge < -0.3 is 10.5 Å². The van der Waals surface area contributed by atoms with Gasteiger partial charge in [0.25, 0.3) is 0 Å². The van der Waals surface area contributed by atoms with Gasteiger partial charge in [-0.25, -0.2) is 23.2 Å². The van der Waals surface area contributed by atoms with E-state index < -0.39 is 16.0 Å². The fraction of sp³-hybridized carbons (Fsp3) is 0.409. The number of hydrogen-bond donors (Lipinski definition) is 1. The molecule has 4 rings (SSSR count). The van der Waals surface area contributed by atoms with Crippen LogP contribution >= 0.6 is 11.3 Å². The minimum atomic E-state index is -3.65. The number of nitrogens with zero attached hydrogens (tertiary/aromatic N) is 3. The lowest BCUT2D eigenvalue weighted by Crippen LogP contribution is -2.32. The van der Waals surface area contributed by atoms with E-state index in [1.165, 1.54) is 33.8 Å². The first kappa shape index (κ1) is 22.6. The van der Waals surface area contributed by atoms with Gasteiger partial charge in [0.1, 0.15) is 10.6 Å². The number of hydrogen-bond acceptors (Lipinski definition) is 8. The Kier molecular flexibility index (Phi) is 6.45. The van der Waals surface area contributed by atoms with Crippen molar-refractivity contribution in [3.05, 3.63) is 46.1 Å². The number of aromatic nitrogens is 2. The number of thiophene rings is 1. The van der Waals surface area contributed by atoms with Crippen molar-refractivity contribution >= 4 is 43.4 Å². The van der Waals surface area contributed by atoms with E-state index in [1.807, 2.05) is 13.8 Å². The summed E-state index contributed by atoms with van der Waals surface area (Å²) in [5.41, 5.74) is 7.30. The van der Waals surface area contributed by atoms with Crippen molar-refractivity contribution in [1.29, 1.82) is 0 Å². The summed E-state index contributed by atoms with van der Waals surface area (Å²) in [5, 5.41) is 0.828. The second-order valence-electron chi connectivity index (χ2n) is 7.91. The Morgan fingerprint density at radius 1 is 1.16 bits per heavy atom. The molecule has 0 aliphatic carbocycles. The number of esters is 1. The topological polar surface area (TPSA) is 115 Å². The van der Waals surface area contributed by atoms with Crippen molar-refractivity contribution in [3.63, 3.8) is 0 Å². The molecule has 10 heteroatoms. The van der Waals surface area contributed by atoms with Crippen molar-refractivity contribution in [3.8, 4) is 0 Å². The van der Waals surface area contributed by atoms with Crippen LogP contribution < -0.4 is 5.73 Å². The highest BCUT2D eigenvalue weighted by molar-refractivity contribution is 7.89. The second kappa shape index (κ2) is 9.13. The van der Waals surface area contributed by atoms with Crippen LogP contribution in [0.1, 0.15) is 52.3 Å². The Morgan fingerprint density at radius 3 is 2.59 bits per heavy atom.